The molecule has 0 fully saturated rings. The maximum Gasteiger partial charge on any atom is 0.141 e. The molecule has 84 valence electrons. The molecule has 0 amide bonds. The monoisotopic (exact) mass is 224 g/mol. The highest BCUT2D eigenvalue weighted by molar-refractivity contribution is 5.95. The third kappa shape index (κ3) is 1.21. The summed E-state index contributed by atoms with van der Waals surface area (Å²) in [5.74, 6) is 2.07. The molecule has 0 aliphatic heterocycles. The molecule has 0 spiro atoms. The molecule has 2 aromatic heterocycles. The van der Waals surface area contributed by atoms with E-state index in [1.807, 2.05) is 18.2 Å². The van der Waals surface area contributed by atoms with Crippen LogP contribution in [0.4, 0.5) is 0 Å². The molecule has 0 radical (unpaired) electrons. The van der Waals surface area contributed by atoms with Gasteiger partial charge in [-0.15, -0.1) is 0 Å². The molecule has 2 nitrogen and oxygen atoms in total. The van der Waals surface area contributed by atoms with Crippen LogP contribution in [0.3, 0.4) is 0 Å². The van der Waals surface area contributed by atoms with Crippen molar-refractivity contribution >= 4 is 11.0 Å². The summed E-state index contributed by atoms with van der Waals surface area (Å²) in [6.07, 6.45) is 4.97. The minimum Gasteiger partial charge on any atom is -0.464 e. The summed E-state index contributed by atoms with van der Waals surface area (Å²) in [6.45, 7) is 0. The normalized spacial score (nSPS) is 14.4. The molecule has 0 saturated heterocycles. The Morgan fingerprint density at radius 2 is 1.94 bits per heavy atom. The largest absolute Gasteiger partial charge is 0.464 e. The van der Waals surface area contributed by atoms with Gasteiger partial charge in [0.2, 0.25) is 0 Å². The molecule has 2 heterocycles. The van der Waals surface area contributed by atoms with E-state index in [4.69, 9.17) is 8.83 Å². The van der Waals surface area contributed by atoms with E-state index in [-0.39, 0.29) is 0 Å². The van der Waals surface area contributed by atoms with Gasteiger partial charge in [0, 0.05) is 11.8 Å². The first-order valence-corrected chi connectivity index (χ1v) is 6.00. The Balaban J connectivity index is 2.14. The molecular weight excluding hydrogens is 212 g/mol. The van der Waals surface area contributed by atoms with Crippen LogP contribution in [0.15, 0.2) is 45.4 Å². The second kappa shape index (κ2) is 3.27. The Hall–Kier alpha value is -1.96. The molecule has 1 aromatic carbocycles. The first kappa shape index (κ1) is 9.11. The van der Waals surface area contributed by atoms with Gasteiger partial charge in [-0.2, -0.15) is 0 Å². The van der Waals surface area contributed by atoms with Crippen LogP contribution in [0, 0.1) is 0 Å². The summed E-state index contributed by atoms with van der Waals surface area (Å²) >= 11 is 0. The third-order valence-corrected chi connectivity index (χ3v) is 3.49. The zero-order valence-electron chi connectivity index (χ0n) is 9.40. The van der Waals surface area contributed by atoms with Crippen molar-refractivity contribution in [2.75, 3.05) is 0 Å². The summed E-state index contributed by atoms with van der Waals surface area (Å²) in [7, 11) is 0. The van der Waals surface area contributed by atoms with E-state index in [1.54, 1.807) is 6.26 Å². The number of hydrogen-bond donors (Lipinski definition) is 0. The highest BCUT2D eigenvalue weighted by Gasteiger charge is 2.23. The van der Waals surface area contributed by atoms with Crippen molar-refractivity contribution < 1.29 is 8.83 Å². The molecule has 3 aromatic rings. The molecule has 0 atom stereocenters. The lowest BCUT2D eigenvalue weighted by atomic mass is 10.1. The van der Waals surface area contributed by atoms with Crippen LogP contribution in [-0.4, -0.2) is 0 Å². The number of fused-ring (bicyclic) bond motifs is 5. The molecule has 1 aliphatic rings. The van der Waals surface area contributed by atoms with Crippen LogP contribution in [0.1, 0.15) is 17.7 Å². The van der Waals surface area contributed by atoms with Crippen LogP contribution in [0.25, 0.3) is 22.3 Å². The van der Waals surface area contributed by atoms with E-state index >= 15 is 0 Å². The number of para-hydroxylation sites is 1. The van der Waals surface area contributed by atoms with E-state index < -0.39 is 0 Å². The van der Waals surface area contributed by atoms with Crippen molar-refractivity contribution in [2.24, 2.45) is 0 Å². The average molecular weight is 224 g/mol. The van der Waals surface area contributed by atoms with Crippen molar-refractivity contribution in [1.82, 2.24) is 0 Å². The second-order valence-electron chi connectivity index (χ2n) is 4.52. The molecule has 0 saturated carbocycles. The second-order valence-corrected chi connectivity index (χ2v) is 4.52. The Morgan fingerprint density at radius 3 is 2.94 bits per heavy atom. The average Bonchev–Trinajstić information content (AvgIpc) is 2.90. The van der Waals surface area contributed by atoms with Crippen LogP contribution in [0.2, 0.25) is 0 Å². The first-order chi connectivity index (χ1) is 8.43. The van der Waals surface area contributed by atoms with Gasteiger partial charge in [0.1, 0.15) is 17.1 Å². The summed E-state index contributed by atoms with van der Waals surface area (Å²) in [5, 5.41) is 1.17. The van der Waals surface area contributed by atoms with Gasteiger partial charge >= 0.3 is 0 Å². The molecule has 2 heteroatoms. The Labute approximate surface area is 98.8 Å². The lowest BCUT2D eigenvalue weighted by molar-refractivity contribution is 0.539. The topological polar surface area (TPSA) is 26.3 Å². The van der Waals surface area contributed by atoms with Crippen molar-refractivity contribution in [3.8, 4) is 11.3 Å². The summed E-state index contributed by atoms with van der Waals surface area (Å²) in [4.78, 5) is 0. The van der Waals surface area contributed by atoms with Crippen LogP contribution >= 0.6 is 0 Å². The molecule has 1 aliphatic carbocycles. The molecule has 0 N–H and O–H groups in total. The van der Waals surface area contributed by atoms with Crippen molar-refractivity contribution in [1.29, 1.82) is 0 Å². The maximum atomic E-state index is 5.94. The van der Waals surface area contributed by atoms with Crippen molar-refractivity contribution in [3.63, 3.8) is 0 Å². The minimum atomic E-state index is 0.960. The third-order valence-electron chi connectivity index (χ3n) is 3.49. The number of rotatable bonds is 0. The molecule has 0 bridgehead atoms. The van der Waals surface area contributed by atoms with Gasteiger partial charge in [0.25, 0.3) is 0 Å². The van der Waals surface area contributed by atoms with Gasteiger partial charge in [0.05, 0.1) is 11.8 Å². The fraction of sp³-hybridized carbons (Fsp3) is 0.200. The molecular formula is C15H12O2. The maximum absolute atomic E-state index is 5.94. The zero-order chi connectivity index (χ0) is 11.2. The van der Waals surface area contributed by atoms with E-state index in [0.717, 1.165) is 41.9 Å². The summed E-state index contributed by atoms with van der Waals surface area (Å²) in [6, 6.07) is 10.3. The van der Waals surface area contributed by atoms with Gasteiger partial charge in [-0.3, -0.25) is 0 Å². The fourth-order valence-electron chi connectivity index (χ4n) is 2.71. The van der Waals surface area contributed by atoms with Crippen LogP contribution in [0.5, 0.6) is 0 Å². The van der Waals surface area contributed by atoms with Gasteiger partial charge < -0.3 is 8.83 Å². The minimum absolute atomic E-state index is 0.960. The predicted molar refractivity (Wildman–Crippen MR) is 65.9 cm³/mol. The number of aryl methyl sites for hydroxylation is 2. The van der Waals surface area contributed by atoms with E-state index in [9.17, 15) is 0 Å². The number of furan rings is 2. The summed E-state index contributed by atoms with van der Waals surface area (Å²) in [5.41, 5.74) is 3.43. The highest BCUT2D eigenvalue weighted by Crippen LogP contribution is 2.40. The zero-order valence-corrected chi connectivity index (χ0v) is 9.40. The van der Waals surface area contributed by atoms with E-state index in [0.29, 0.717) is 0 Å². The van der Waals surface area contributed by atoms with Gasteiger partial charge in [-0.1, -0.05) is 18.2 Å². The van der Waals surface area contributed by atoms with Crippen LogP contribution < -0.4 is 0 Å². The molecule has 17 heavy (non-hydrogen) atoms. The lowest BCUT2D eigenvalue weighted by Crippen LogP contribution is -1.82. The highest BCUT2D eigenvalue weighted by atomic mass is 16.3. The smallest absolute Gasteiger partial charge is 0.141 e. The molecule has 0 unspecified atom stereocenters. The van der Waals surface area contributed by atoms with Crippen molar-refractivity contribution in [3.05, 3.63) is 47.9 Å². The van der Waals surface area contributed by atoms with E-state index in [1.165, 1.54) is 10.9 Å². The van der Waals surface area contributed by atoms with Gasteiger partial charge in [0.15, 0.2) is 0 Å². The van der Waals surface area contributed by atoms with Crippen molar-refractivity contribution in [2.45, 2.75) is 19.3 Å². The quantitative estimate of drug-likeness (QED) is 0.572. The molecule has 4 rings (SSSR count). The fourth-order valence-corrected chi connectivity index (χ4v) is 2.71. The number of hydrogen-bond acceptors (Lipinski definition) is 2. The Kier molecular flexibility index (Phi) is 1.75. The first-order valence-electron chi connectivity index (χ1n) is 6.00. The van der Waals surface area contributed by atoms with Gasteiger partial charge in [-0.25, -0.2) is 0 Å². The lowest BCUT2D eigenvalue weighted by Gasteiger charge is -1.96. The van der Waals surface area contributed by atoms with E-state index in [2.05, 4.69) is 12.1 Å². The Bertz CT molecular complexity index is 688. The summed E-state index contributed by atoms with van der Waals surface area (Å²) < 4.78 is 11.6. The number of benzene rings is 1. The predicted octanol–water partition coefficient (Wildman–Crippen LogP) is 4.18. The standard InChI is InChI=1S/C15H12O2/c1-2-6-12-11(5-1)14-13(17-12)7-3-4-10-8-9-16-15(10)14/h1-2,5-6,8-9H,3-4,7H2. The SMILES string of the molecule is c1ccc2c3c(oc2c1)CCCc1ccoc1-3. The van der Waals surface area contributed by atoms with Crippen LogP contribution in [-0.2, 0) is 12.8 Å². The Morgan fingerprint density at radius 1 is 1.00 bits per heavy atom. The van der Waals surface area contributed by atoms with Gasteiger partial charge in [-0.05, 0) is 30.5 Å².